The van der Waals surface area contributed by atoms with Crippen LogP contribution in [0, 0.1) is 6.92 Å². The second-order valence-corrected chi connectivity index (χ2v) is 5.63. The van der Waals surface area contributed by atoms with Crippen LogP contribution in [-0.4, -0.2) is 18.4 Å². The molecule has 0 radical (unpaired) electrons. The molecular formula is C15H21BrN2O3. The van der Waals surface area contributed by atoms with Gasteiger partial charge in [-0.1, -0.05) is 25.8 Å². The summed E-state index contributed by atoms with van der Waals surface area (Å²) in [6.07, 6.45) is 3.30. The molecule has 1 rings (SSSR count). The highest BCUT2D eigenvalue weighted by molar-refractivity contribution is 9.10. The Bertz CT molecular complexity index is 492. The minimum atomic E-state index is -0.397. The average molecular weight is 357 g/mol. The van der Waals surface area contributed by atoms with Crippen LogP contribution in [0.4, 0.5) is 0 Å². The first-order valence-electron chi connectivity index (χ1n) is 6.99. The molecule has 1 aromatic rings. The molecule has 116 valence electrons. The molecule has 2 amide bonds. The van der Waals surface area contributed by atoms with Crippen LogP contribution in [0.15, 0.2) is 22.7 Å². The Kier molecular flexibility index (Phi) is 7.82. The summed E-state index contributed by atoms with van der Waals surface area (Å²) in [5, 5.41) is 0. The van der Waals surface area contributed by atoms with Gasteiger partial charge in [0.15, 0.2) is 6.61 Å². The van der Waals surface area contributed by atoms with Gasteiger partial charge in [-0.2, -0.15) is 0 Å². The standard InChI is InChI=1S/C15H21BrN2O3/c1-3-4-5-6-14(19)17-18-15(20)10-21-13-8-7-11(2)9-12(13)16/h7-9H,3-6,10H2,1-2H3,(H,17,19)(H,18,20). The van der Waals surface area contributed by atoms with E-state index < -0.39 is 5.91 Å². The van der Waals surface area contributed by atoms with Crippen LogP contribution in [0.1, 0.15) is 38.2 Å². The van der Waals surface area contributed by atoms with E-state index in [-0.39, 0.29) is 12.5 Å². The summed E-state index contributed by atoms with van der Waals surface area (Å²) in [4.78, 5) is 23.0. The van der Waals surface area contributed by atoms with Crippen molar-refractivity contribution in [1.29, 1.82) is 0 Å². The fourth-order valence-corrected chi connectivity index (χ4v) is 2.25. The number of benzene rings is 1. The van der Waals surface area contributed by atoms with Gasteiger partial charge in [-0.15, -0.1) is 0 Å². The van der Waals surface area contributed by atoms with Gasteiger partial charge in [0.05, 0.1) is 4.47 Å². The van der Waals surface area contributed by atoms with E-state index in [0.29, 0.717) is 12.2 Å². The molecule has 0 heterocycles. The fourth-order valence-electron chi connectivity index (χ4n) is 1.64. The van der Waals surface area contributed by atoms with Crippen LogP contribution in [0.25, 0.3) is 0 Å². The molecular weight excluding hydrogens is 336 g/mol. The molecule has 0 saturated heterocycles. The molecule has 0 bridgehead atoms. The fraction of sp³-hybridized carbons (Fsp3) is 0.467. The molecule has 0 atom stereocenters. The number of hydrogen-bond donors (Lipinski definition) is 2. The first-order chi connectivity index (χ1) is 10.0. The van der Waals surface area contributed by atoms with E-state index in [2.05, 4.69) is 33.7 Å². The molecule has 0 saturated carbocycles. The van der Waals surface area contributed by atoms with Crippen LogP contribution in [0.2, 0.25) is 0 Å². The smallest absolute Gasteiger partial charge is 0.276 e. The van der Waals surface area contributed by atoms with E-state index in [4.69, 9.17) is 4.74 Å². The first-order valence-corrected chi connectivity index (χ1v) is 7.79. The van der Waals surface area contributed by atoms with Gasteiger partial charge in [-0.25, -0.2) is 0 Å². The van der Waals surface area contributed by atoms with Crippen molar-refractivity contribution in [3.8, 4) is 5.75 Å². The zero-order valence-electron chi connectivity index (χ0n) is 12.4. The molecule has 0 aromatic heterocycles. The summed E-state index contributed by atoms with van der Waals surface area (Å²) in [7, 11) is 0. The van der Waals surface area contributed by atoms with Gasteiger partial charge >= 0.3 is 0 Å². The largest absolute Gasteiger partial charge is 0.483 e. The summed E-state index contributed by atoms with van der Waals surface area (Å²) in [5.41, 5.74) is 5.80. The van der Waals surface area contributed by atoms with Crippen molar-refractivity contribution < 1.29 is 14.3 Å². The highest BCUT2D eigenvalue weighted by Crippen LogP contribution is 2.25. The molecule has 0 aliphatic carbocycles. The van der Waals surface area contributed by atoms with E-state index in [1.54, 1.807) is 6.07 Å². The number of aryl methyl sites for hydroxylation is 1. The minimum absolute atomic E-state index is 0.156. The Labute approximate surface area is 133 Å². The van der Waals surface area contributed by atoms with Crippen LogP contribution < -0.4 is 15.6 Å². The van der Waals surface area contributed by atoms with Gasteiger partial charge in [-0.05, 0) is 47.0 Å². The number of ether oxygens (including phenoxy) is 1. The Morgan fingerprint density at radius 2 is 1.90 bits per heavy atom. The Morgan fingerprint density at radius 1 is 1.19 bits per heavy atom. The zero-order chi connectivity index (χ0) is 15.7. The maximum Gasteiger partial charge on any atom is 0.276 e. The number of amides is 2. The average Bonchev–Trinajstić information content (AvgIpc) is 2.44. The third-order valence-electron chi connectivity index (χ3n) is 2.79. The number of hydrogen-bond acceptors (Lipinski definition) is 3. The number of halogens is 1. The SMILES string of the molecule is CCCCCC(=O)NNC(=O)COc1ccc(C)cc1Br. The van der Waals surface area contributed by atoms with Crippen LogP contribution in [-0.2, 0) is 9.59 Å². The predicted molar refractivity (Wildman–Crippen MR) is 84.8 cm³/mol. The van der Waals surface area contributed by atoms with Crippen molar-refractivity contribution in [2.24, 2.45) is 0 Å². The van der Waals surface area contributed by atoms with Crippen molar-refractivity contribution >= 4 is 27.7 Å². The van der Waals surface area contributed by atoms with E-state index in [1.165, 1.54) is 0 Å². The number of carbonyl (C=O) groups excluding carboxylic acids is 2. The molecule has 0 spiro atoms. The van der Waals surface area contributed by atoms with Gasteiger partial charge in [0, 0.05) is 6.42 Å². The number of hydrazine groups is 1. The van der Waals surface area contributed by atoms with Gasteiger partial charge < -0.3 is 4.74 Å². The Hall–Kier alpha value is -1.56. The quantitative estimate of drug-likeness (QED) is 0.583. The second kappa shape index (κ2) is 9.39. The second-order valence-electron chi connectivity index (χ2n) is 4.78. The molecule has 1 aromatic carbocycles. The molecule has 5 nitrogen and oxygen atoms in total. The van der Waals surface area contributed by atoms with E-state index in [0.717, 1.165) is 29.3 Å². The Morgan fingerprint density at radius 3 is 2.57 bits per heavy atom. The van der Waals surface area contributed by atoms with Gasteiger partial charge in [0.2, 0.25) is 5.91 Å². The maximum atomic E-state index is 11.6. The number of rotatable bonds is 7. The molecule has 0 aliphatic heterocycles. The van der Waals surface area contributed by atoms with Crippen molar-refractivity contribution in [1.82, 2.24) is 10.9 Å². The first kappa shape index (κ1) is 17.5. The predicted octanol–water partition coefficient (Wildman–Crippen LogP) is 2.86. The lowest BCUT2D eigenvalue weighted by molar-refractivity contribution is -0.130. The van der Waals surface area contributed by atoms with Gasteiger partial charge in [0.25, 0.3) is 5.91 Å². The van der Waals surface area contributed by atoms with Crippen molar-refractivity contribution in [2.75, 3.05) is 6.61 Å². The number of carbonyl (C=O) groups is 2. The van der Waals surface area contributed by atoms with Crippen molar-refractivity contribution in [3.63, 3.8) is 0 Å². The lowest BCUT2D eigenvalue weighted by atomic mass is 10.2. The molecule has 2 N–H and O–H groups in total. The van der Waals surface area contributed by atoms with Crippen LogP contribution >= 0.6 is 15.9 Å². The lowest BCUT2D eigenvalue weighted by Gasteiger charge is -2.10. The monoisotopic (exact) mass is 356 g/mol. The number of unbranched alkanes of at least 4 members (excludes halogenated alkanes) is 2. The van der Waals surface area contributed by atoms with Crippen molar-refractivity contribution in [2.45, 2.75) is 39.5 Å². The van der Waals surface area contributed by atoms with Crippen LogP contribution in [0.3, 0.4) is 0 Å². The highest BCUT2D eigenvalue weighted by atomic mass is 79.9. The third-order valence-corrected chi connectivity index (χ3v) is 3.41. The van der Waals surface area contributed by atoms with E-state index in [9.17, 15) is 9.59 Å². The van der Waals surface area contributed by atoms with Gasteiger partial charge in [-0.3, -0.25) is 20.4 Å². The summed E-state index contributed by atoms with van der Waals surface area (Å²) in [6, 6.07) is 5.59. The highest BCUT2D eigenvalue weighted by Gasteiger charge is 2.07. The topological polar surface area (TPSA) is 67.4 Å². The minimum Gasteiger partial charge on any atom is -0.483 e. The molecule has 0 unspecified atom stereocenters. The molecule has 6 heteroatoms. The van der Waals surface area contributed by atoms with Gasteiger partial charge in [0.1, 0.15) is 5.75 Å². The molecule has 0 fully saturated rings. The molecule has 21 heavy (non-hydrogen) atoms. The van der Waals surface area contributed by atoms with E-state index >= 15 is 0 Å². The summed E-state index contributed by atoms with van der Waals surface area (Å²) in [6.45, 7) is 3.88. The van der Waals surface area contributed by atoms with Crippen LogP contribution in [0.5, 0.6) is 5.75 Å². The Balaban J connectivity index is 2.26. The number of nitrogens with one attached hydrogen (secondary N) is 2. The molecule has 0 aliphatic rings. The zero-order valence-corrected chi connectivity index (χ0v) is 14.0. The summed E-state index contributed by atoms with van der Waals surface area (Å²) < 4.78 is 6.16. The maximum absolute atomic E-state index is 11.6. The summed E-state index contributed by atoms with van der Waals surface area (Å²) >= 11 is 3.37. The third kappa shape index (κ3) is 7.13. The van der Waals surface area contributed by atoms with E-state index in [1.807, 2.05) is 19.1 Å². The summed E-state index contributed by atoms with van der Waals surface area (Å²) in [5.74, 6) is 0.00431. The van der Waals surface area contributed by atoms with Crippen molar-refractivity contribution in [3.05, 3.63) is 28.2 Å². The normalized spacial score (nSPS) is 10.0. The lowest BCUT2D eigenvalue weighted by Crippen LogP contribution is -2.43.